The molecule has 5 rings (SSSR count). The van der Waals surface area contributed by atoms with Gasteiger partial charge in [0.25, 0.3) is 0 Å². The Hall–Kier alpha value is -3.16. The van der Waals surface area contributed by atoms with E-state index in [1.807, 2.05) is 30.3 Å². The number of aromatic nitrogens is 3. The number of aromatic amines is 1. The zero-order chi connectivity index (χ0) is 21.9. The largest absolute Gasteiger partial charge is 0.492 e. The topological polar surface area (TPSA) is 66.4 Å². The number of pyridine rings is 1. The van der Waals surface area contributed by atoms with Crippen LogP contribution in [0.15, 0.2) is 59.4 Å². The van der Waals surface area contributed by atoms with Gasteiger partial charge in [0.05, 0.1) is 17.6 Å². The molecule has 7 nitrogen and oxygen atoms in total. The Morgan fingerprint density at radius 2 is 1.84 bits per heavy atom. The van der Waals surface area contributed by atoms with Crippen LogP contribution in [0.3, 0.4) is 0 Å². The maximum absolute atomic E-state index is 11.4. The van der Waals surface area contributed by atoms with Gasteiger partial charge in [-0.1, -0.05) is 12.1 Å². The first-order valence-electron chi connectivity index (χ1n) is 11.3. The summed E-state index contributed by atoms with van der Waals surface area (Å²) in [6, 6.07) is 17.5. The number of fused-ring (bicyclic) bond motifs is 2. The van der Waals surface area contributed by atoms with Crippen LogP contribution in [0.1, 0.15) is 12.2 Å². The summed E-state index contributed by atoms with van der Waals surface area (Å²) < 4.78 is 8.21. The molecule has 0 atom stereocenters. The molecule has 1 aliphatic heterocycles. The molecule has 1 fully saturated rings. The highest BCUT2D eigenvalue weighted by Crippen LogP contribution is 2.19. The first-order chi connectivity index (χ1) is 15.7. The summed E-state index contributed by atoms with van der Waals surface area (Å²) in [5.74, 6) is 1.96. The molecule has 0 aliphatic carbocycles. The van der Waals surface area contributed by atoms with E-state index in [-0.39, 0.29) is 5.56 Å². The van der Waals surface area contributed by atoms with E-state index in [0.717, 1.165) is 73.7 Å². The van der Waals surface area contributed by atoms with Gasteiger partial charge >= 0.3 is 0 Å². The lowest BCUT2D eigenvalue weighted by Crippen LogP contribution is -2.33. The van der Waals surface area contributed by atoms with Crippen LogP contribution < -0.4 is 10.3 Å². The lowest BCUT2D eigenvalue weighted by Gasteiger charge is -2.21. The van der Waals surface area contributed by atoms with Crippen molar-refractivity contribution in [3.8, 4) is 5.75 Å². The van der Waals surface area contributed by atoms with Crippen LogP contribution in [0, 0.1) is 0 Å². The fourth-order valence-corrected chi connectivity index (χ4v) is 4.46. The van der Waals surface area contributed by atoms with Crippen LogP contribution in [-0.4, -0.2) is 63.7 Å². The fourth-order valence-electron chi connectivity index (χ4n) is 4.46. The molecule has 1 aliphatic rings. The van der Waals surface area contributed by atoms with E-state index in [1.165, 1.54) is 5.52 Å². The van der Waals surface area contributed by atoms with Gasteiger partial charge in [-0.25, -0.2) is 4.98 Å². The van der Waals surface area contributed by atoms with Gasteiger partial charge in [0.2, 0.25) is 5.56 Å². The number of para-hydroxylation sites is 2. The summed E-state index contributed by atoms with van der Waals surface area (Å²) in [7, 11) is 2.11. The smallest absolute Gasteiger partial charge is 0.248 e. The van der Waals surface area contributed by atoms with E-state index in [0.29, 0.717) is 6.61 Å². The van der Waals surface area contributed by atoms with E-state index < -0.39 is 0 Å². The Morgan fingerprint density at radius 3 is 2.75 bits per heavy atom. The van der Waals surface area contributed by atoms with Gasteiger partial charge in [-0.15, -0.1) is 0 Å². The quantitative estimate of drug-likeness (QED) is 0.508. The van der Waals surface area contributed by atoms with Crippen molar-refractivity contribution >= 4 is 21.9 Å². The molecule has 0 unspecified atom stereocenters. The van der Waals surface area contributed by atoms with Gasteiger partial charge in [-0.05, 0) is 55.9 Å². The Kier molecular flexibility index (Phi) is 5.92. The second kappa shape index (κ2) is 9.14. The van der Waals surface area contributed by atoms with Gasteiger partial charge in [-0.2, -0.15) is 0 Å². The van der Waals surface area contributed by atoms with E-state index in [2.05, 4.69) is 44.6 Å². The third kappa shape index (κ3) is 4.54. The number of imidazole rings is 1. The molecule has 4 aromatic rings. The number of aryl methyl sites for hydroxylation is 1. The molecular weight excluding hydrogens is 402 g/mol. The number of nitrogens with zero attached hydrogens (tertiary/aromatic N) is 4. The number of rotatable bonds is 6. The van der Waals surface area contributed by atoms with Crippen molar-refractivity contribution in [1.82, 2.24) is 24.3 Å². The van der Waals surface area contributed by atoms with Crippen molar-refractivity contribution in [3.63, 3.8) is 0 Å². The highest BCUT2D eigenvalue weighted by molar-refractivity contribution is 5.79. The minimum Gasteiger partial charge on any atom is -0.492 e. The molecule has 2 aromatic heterocycles. The number of benzene rings is 2. The normalized spacial score (nSPS) is 15.9. The van der Waals surface area contributed by atoms with E-state index in [9.17, 15) is 4.79 Å². The molecule has 1 saturated heterocycles. The molecule has 0 bridgehead atoms. The highest BCUT2D eigenvalue weighted by Gasteiger charge is 2.17. The van der Waals surface area contributed by atoms with Crippen LogP contribution in [0.2, 0.25) is 0 Å². The second-order valence-corrected chi connectivity index (χ2v) is 8.47. The van der Waals surface area contributed by atoms with Crippen molar-refractivity contribution in [2.75, 3.05) is 39.3 Å². The summed E-state index contributed by atoms with van der Waals surface area (Å²) in [6.45, 7) is 6.68. The summed E-state index contributed by atoms with van der Waals surface area (Å²) in [5, 5.41) is 0.981. The fraction of sp³-hybridized carbons (Fsp3) is 0.360. The lowest BCUT2D eigenvalue weighted by molar-refractivity contribution is 0.206. The average molecular weight is 432 g/mol. The predicted molar refractivity (Wildman–Crippen MR) is 127 cm³/mol. The molecule has 0 saturated carbocycles. The lowest BCUT2D eigenvalue weighted by atomic mass is 10.2. The van der Waals surface area contributed by atoms with Crippen LogP contribution in [-0.2, 0) is 13.6 Å². The molecular formula is C25H29N5O2. The Morgan fingerprint density at radius 1 is 1.00 bits per heavy atom. The second-order valence-electron chi connectivity index (χ2n) is 8.47. The number of nitrogens with one attached hydrogen (secondary N) is 1. The van der Waals surface area contributed by atoms with Crippen molar-refractivity contribution in [2.45, 2.75) is 13.0 Å². The average Bonchev–Trinajstić information content (AvgIpc) is 2.96. The van der Waals surface area contributed by atoms with Gasteiger partial charge in [-0.3, -0.25) is 14.6 Å². The Bertz CT molecular complexity index is 1280. The number of ether oxygens (including phenoxy) is 1. The van der Waals surface area contributed by atoms with Crippen LogP contribution in [0.4, 0.5) is 0 Å². The van der Waals surface area contributed by atoms with E-state index in [4.69, 9.17) is 9.72 Å². The molecule has 166 valence electrons. The summed E-state index contributed by atoms with van der Waals surface area (Å²) in [5.41, 5.74) is 3.01. The summed E-state index contributed by atoms with van der Waals surface area (Å²) in [6.07, 6.45) is 1.15. The SMILES string of the molecule is Cn1c(CN2CCCN(CCOc3ccc4[nH]c(=O)ccc4c3)CC2)nc2ccccc21. The molecule has 7 heteroatoms. The molecule has 0 spiro atoms. The predicted octanol–water partition coefficient (Wildman–Crippen LogP) is 3.00. The third-order valence-electron chi connectivity index (χ3n) is 6.30. The number of H-pyrrole nitrogens is 1. The van der Waals surface area contributed by atoms with Crippen LogP contribution in [0.5, 0.6) is 5.75 Å². The van der Waals surface area contributed by atoms with Crippen LogP contribution in [0.25, 0.3) is 21.9 Å². The van der Waals surface area contributed by atoms with Crippen LogP contribution >= 0.6 is 0 Å². The van der Waals surface area contributed by atoms with Crippen molar-refractivity contribution in [2.24, 2.45) is 7.05 Å². The monoisotopic (exact) mass is 431 g/mol. The Balaban J connectivity index is 1.13. The first-order valence-corrected chi connectivity index (χ1v) is 11.3. The third-order valence-corrected chi connectivity index (χ3v) is 6.30. The molecule has 32 heavy (non-hydrogen) atoms. The minimum atomic E-state index is -0.0856. The molecule has 1 N–H and O–H groups in total. The van der Waals surface area contributed by atoms with Crippen molar-refractivity contribution < 1.29 is 4.74 Å². The van der Waals surface area contributed by atoms with Gasteiger partial charge < -0.3 is 14.3 Å². The van der Waals surface area contributed by atoms with Crippen molar-refractivity contribution in [1.29, 1.82) is 0 Å². The van der Waals surface area contributed by atoms with Crippen molar-refractivity contribution in [3.05, 3.63) is 70.8 Å². The maximum atomic E-state index is 11.4. The standard InChI is InChI=1S/C25H29N5O2/c1-28-23-6-3-2-5-22(23)26-24(28)18-30-12-4-11-29(13-14-30)15-16-32-20-8-9-21-19(17-20)7-10-25(31)27-21/h2-3,5-10,17H,4,11-16,18H2,1H3,(H,27,31). The molecule has 2 aromatic carbocycles. The maximum Gasteiger partial charge on any atom is 0.248 e. The van der Waals surface area contributed by atoms with Gasteiger partial charge in [0, 0.05) is 43.7 Å². The zero-order valence-electron chi connectivity index (χ0n) is 18.5. The zero-order valence-corrected chi connectivity index (χ0v) is 18.5. The molecule has 0 radical (unpaired) electrons. The summed E-state index contributed by atoms with van der Waals surface area (Å²) >= 11 is 0. The highest BCUT2D eigenvalue weighted by atomic mass is 16.5. The molecule has 0 amide bonds. The summed E-state index contributed by atoms with van der Waals surface area (Å²) in [4.78, 5) is 24.1. The minimum absolute atomic E-state index is 0.0856. The van der Waals surface area contributed by atoms with Gasteiger partial charge in [0.1, 0.15) is 18.2 Å². The Labute approximate surface area is 187 Å². The van der Waals surface area contributed by atoms with E-state index in [1.54, 1.807) is 6.07 Å². The number of hydrogen-bond acceptors (Lipinski definition) is 5. The first kappa shape index (κ1) is 20.7. The van der Waals surface area contributed by atoms with Gasteiger partial charge in [0.15, 0.2) is 0 Å². The number of hydrogen-bond donors (Lipinski definition) is 1. The van der Waals surface area contributed by atoms with E-state index >= 15 is 0 Å². The molecule has 3 heterocycles.